The van der Waals surface area contributed by atoms with Crippen LogP contribution in [0.1, 0.15) is 49.3 Å². The molecule has 0 spiro atoms. The second-order valence-electron chi connectivity index (χ2n) is 9.00. The van der Waals surface area contributed by atoms with Crippen molar-refractivity contribution >= 4 is 18.4 Å². The number of aliphatic imine (C=N–C) groups is 1. The molecule has 4 rings (SSSR count). The van der Waals surface area contributed by atoms with Crippen LogP contribution < -0.4 is 10.5 Å². The third kappa shape index (κ3) is 5.49. The van der Waals surface area contributed by atoms with Crippen LogP contribution in [0.4, 0.5) is 0 Å². The van der Waals surface area contributed by atoms with Gasteiger partial charge in [0.1, 0.15) is 12.1 Å². The zero-order valence-electron chi connectivity index (χ0n) is 19.1. The summed E-state index contributed by atoms with van der Waals surface area (Å²) >= 11 is 5.33. The standard InChI is InChI=1S/C26H30N4O2S/c1-18(2)20-8-10-22(11-9-20)30-25(32)23(24(31)28-26(30)33)16-27-21-12-14-29(15-13-21)17-19-6-4-3-5-7-19/h3-11,16,18,21,32H,12-15,17H2,1-2H3,(H,28,31,33)/p+1. The van der Waals surface area contributed by atoms with Crippen molar-refractivity contribution in [3.63, 3.8) is 0 Å². The lowest BCUT2D eigenvalue weighted by Crippen LogP contribution is -3.12. The summed E-state index contributed by atoms with van der Waals surface area (Å²) in [6.45, 7) is 7.34. The van der Waals surface area contributed by atoms with Crippen LogP contribution in [0.25, 0.3) is 5.69 Å². The molecule has 1 saturated heterocycles. The lowest BCUT2D eigenvalue weighted by molar-refractivity contribution is -0.918. The molecule has 2 aromatic carbocycles. The van der Waals surface area contributed by atoms with Crippen molar-refractivity contribution in [2.45, 2.75) is 45.2 Å². The van der Waals surface area contributed by atoms with E-state index in [1.54, 1.807) is 4.90 Å². The summed E-state index contributed by atoms with van der Waals surface area (Å²) in [5.74, 6) is 0.219. The average molecular weight is 464 g/mol. The summed E-state index contributed by atoms with van der Waals surface area (Å²) in [7, 11) is 0. The quantitative estimate of drug-likeness (QED) is 0.388. The van der Waals surface area contributed by atoms with Crippen LogP contribution in [0, 0.1) is 4.77 Å². The number of nitrogens with one attached hydrogen (secondary N) is 2. The number of quaternary nitrogens is 1. The molecule has 172 valence electrons. The van der Waals surface area contributed by atoms with E-state index in [1.165, 1.54) is 21.9 Å². The Hall–Kier alpha value is -3.03. The zero-order valence-corrected chi connectivity index (χ0v) is 19.9. The molecule has 3 N–H and O–H groups in total. The van der Waals surface area contributed by atoms with Gasteiger partial charge >= 0.3 is 0 Å². The van der Waals surface area contributed by atoms with Gasteiger partial charge in [-0.1, -0.05) is 56.3 Å². The number of H-pyrrole nitrogens is 1. The van der Waals surface area contributed by atoms with Crippen molar-refractivity contribution in [3.05, 3.63) is 86.4 Å². The molecule has 0 amide bonds. The van der Waals surface area contributed by atoms with Crippen molar-refractivity contribution in [1.82, 2.24) is 9.55 Å². The number of aromatic amines is 1. The Bertz CT molecular complexity index is 1220. The minimum atomic E-state index is -0.427. The summed E-state index contributed by atoms with van der Waals surface area (Å²) in [5.41, 5.74) is 2.95. The predicted octanol–water partition coefficient (Wildman–Crippen LogP) is 3.39. The van der Waals surface area contributed by atoms with Gasteiger partial charge < -0.3 is 10.0 Å². The van der Waals surface area contributed by atoms with E-state index >= 15 is 0 Å². The van der Waals surface area contributed by atoms with Crippen LogP contribution in [0.5, 0.6) is 5.88 Å². The lowest BCUT2D eigenvalue weighted by Gasteiger charge is -2.27. The molecule has 1 aliphatic rings. The third-order valence-corrected chi connectivity index (χ3v) is 6.60. The van der Waals surface area contributed by atoms with Crippen molar-refractivity contribution < 1.29 is 10.0 Å². The molecule has 7 heteroatoms. The van der Waals surface area contributed by atoms with E-state index in [9.17, 15) is 9.90 Å². The Kier molecular flexibility index (Phi) is 7.20. The second-order valence-corrected chi connectivity index (χ2v) is 9.39. The van der Waals surface area contributed by atoms with E-state index < -0.39 is 5.56 Å². The molecular weight excluding hydrogens is 432 g/mol. The van der Waals surface area contributed by atoms with Gasteiger partial charge in [-0.25, -0.2) is 0 Å². The molecule has 0 unspecified atom stereocenters. The van der Waals surface area contributed by atoms with Gasteiger partial charge in [-0.3, -0.25) is 19.3 Å². The third-order valence-electron chi connectivity index (χ3n) is 6.31. The highest BCUT2D eigenvalue weighted by Gasteiger charge is 2.22. The number of piperidine rings is 1. The fourth-order valence-electron chi connectivity index (χ4n) is 4.30. The van der Waals surface area contributed by atoms with E-state index in [0.717, 1.165) is 32.5 Å². The highest BCUT2D eigenvalue weighted by molar-refractivity contribution is 7.71. The summed E-state index contributed by atoms with van der Waals surface area (Å²) < 4.78 is 1.64. The van der Waals surface area contributed by atoms with Crippen LogP contribution >= 0.6 is 12.2 Å². The molecule has 3 aromatic rings. The highest BCUT2D eigenvalue weighted by Crippen LogP contribution is 2.22. The van der Waals surface area contributed by atoms with E-state index in [1.807, 2.05) is 30.3 Å². The van der Waals surface area contributed by atoms with Crippen molar-refractivity contribution in [3.8, 4) is 11.6 Å². The first kappa shape index (κ1) is 23.1. The van der Waals surface area contributed by atoms with E-state index in [2.05, 4.69) is 48.1 Å². The van der Waals surface area contributed by atoms with Gasteiger partial charge in [-0.15, -0.1) is 0 Å². The van der Waals surface area contributed by atoms with E-state index in [-0.39, 0.29) is 22.3 Å². The van der Waals surface area contributed by atoms with Gasteiger partial charge in [0.2, 0.25) is 5.88 Å². The topological polar surface area (TPSA) is 74.8 Å². The minimum Gasteiger partial charge on any atom is -0.494 e. The van der Waals surface area contributed by atoms with Gasteiger partial charge in [-0.2, -0.15) is 0 Å². The van der Waals surface area contributed by atoms with Crippen LogP contribution in [0.15, 0.2) is 64.4 Å². The maximum Gasteiger partial charge on any atom is 0.264 e. The van der Waals surface area contributed by atoms with Gasteiger partial charge in [0.25, 0.3) is 5.56 Å². The number of benzene rings is 2. The molecule has 0 radical (unpaired) electrons. The SMILES string of the molecule is CC(C)c1ccc(-n2c(O)c(C=NC3CC[NH+](Cc4ccccc4)CC3)c(=O)[nH]c2=S)cc1. The van der Waals surface area contributed by atoms with Gasteiger partial charge in [0.05, 0.1) is 24.8 Å². The molecular formula is C26H31N4O2S+. The monoisotopic (exact) mass is 463 g/mol. The Balaban J connectivity index is 1.49. The molecule has 0 atom stereocenters. The molecule has 0 aliphatic carbocycles. The minimum absolute atomic E-state index is 0.135. The van der Waals surface area contributed by atoms with Crippen molar-refractivity contribution in [2.75, 3.05) is 13.1 Å². The number of hydrogen-bond acceptors (Lipinski definition) is 4. The maximum atomic E-state index is 12.5. The molecule has 1 aliphatic heterocycles. The fourth-order valence-corrected chi connectivity index (χ4v) is 4.59. The first-order chi connectivity index (χ1) is 15.9. The van der Waals surface area contributed by atoms with Crippen LogP contribution in [-0.4, -0.2) is 40.0 Å². The smallest absolute Gasteiger partial charge is 0.264 e. The van der Waals surface area contributed by atoms with Crippen molar-refractivity contribution in [1.29, 1.82) is 0 Å². The normalized spacial score (nSPS) is 18.8. The molecule has 1 aromatic heterocycles. The zero-order chi connectivity index (χ0) is 23.4. The number of rotatable bonds is 6. The average Bonchev–Trinajstić information content (AvgIpc) is 2.81. The van der Waals surface area contributed by atoms with Crippen LogP contribution in [0.2, 0.25) is 0 Å². The summed E-state index contributed by atoms with van der Waals surface area (Å²) in [6, 6.07) is 18.5. The lowest BCUT2D eigenvalue weighted by atomic mass is 10.0. The Morgan fingerprint density at radius 3 is 2.45 bits per heavy atom. The highest BCUT2D eigenvalue weighted by atomic mass is 32.1. The molecule has 0 bridgehead atoms. The Morgan fingerprint density at radius 1 is 1.15 bits per heavy atom. The van der Waals surface area contributed by atoms with E-state index in [0.29, 0.717) is 11.6 Å². The summed E-state index contributed by atoms with van der Waals surface area (Å²) in [5, 5.41) is 10.9. The summed E-state index contributed by atoms with van der Waals surface area (Å²) in [4.78, 5) is 21.4. The number of aromatic nitrogens is 2. The molecule has 1 fully saturated rings. The molecule has 0 saturated carbocycles. The Morgan fingerprint density at radius 2 is 1.82 bits per heavy atom. The number of likely N-dealkylation sites (tertiary alicyclic amines) is 1. The Labute approximate surface area is 199 Å². The largest absolute Gasteiger partial charge is 0.494 e. The number of hydrogen-bond donors (Lipinski definition) is 3. The van der Waals surface area contributed by atoms with Crippen LogP contribution in [0.3, 0.4) is 0 Å². The van der Waals surface area contributed by atoms with Crippen molar-refractivity contribution in [2.24, 2.45) is 4.99 Å². The molecule has 2 heterocycles. The maximum absolute atomic E-state index is 12.5. The van der Waals surface area contributed by atoms with Crippen LogP contribution in [-0.2, 0) is 6.54 Å². The van der Waals surface area contributed by atoms with Gasteiger partial charge in [-0.05, 0) is 35.8 Å². The molecule has 6 nitrogen and oxygen atoms in total. The van der Waals surface area contributed by atoms with Gasteiger partial charge in [0, 0.05) is 24.6 Å². The number of aromatic hydroxyl groups is 1. The second kappa shape index (κ2) is 10.3. The predicted molar refractivity (Wildman–Crippen MR) is 134 cm³/mol. The first-order valence-electron chi connectivity index (χ1n) is 11.5. The first-order valence-corrected chi connectivity index (χ1v) is 11.9. The molecule has 33 heavy (non-hydrogen) atoms. The van der Waals surface area contributed by atoms with E-state index in [4.69, 9.17) is 12.2 Å². The summed E-state index contributed by atoms with van der Waals surface area (Å²) in [6.07, 6.45) is 3.41. The van der Waals surface area contributed by atoms with Gasteiger partial charge in [0.15, 0.2) is 4.77 Å². The fraction of sp³-hybridized carbons (Fsp3) is 0.346. The number of nitrogens with zero attached hydrogens (tertiary/aromatic N) is 2.